The molecule has 0 spiro atoms. The summed E-state index contributed by atoms with van der Waals surface area (Å²) >= 11 is 11.8. The van der Waals surface area contributed by atoms with E-state index in [1.807, 2.05) is 42.5 Å². The number of benzene rings is 2. The van der Waals surface area contributed by atoms with Crippen LogP contribution in [0, 0.1) is 0 Å². The van der Waals surface area contributed by atoms with Crippen LogP contribution in [-0.2, 0) is 0 Å². The van der Waals surface area contributed by atoms with Crippen molar-refractivity contribution in [1.82, 2.24) is 0 Å². The lowest BCUT2D eigenvalue weighted by atomic mass is 10.3. The van der Waals surface area contributed by atoms with Crippen molar-refractivity contribution in [3.05, 3.63) is 47.5 Å². The molecule has 2 N–H and O–H groups in total. The van der Waals surface area contributed by atoms with Crippen molar-refractivity contribution in [2.75, 3.05) is 5.73 Å². The Hall–Kier alpha value is -0.770. The topological polar surface area (TPSA) is 26.0 Å². The summed E-state index contributed by atoms with van der Waals surface area (Å²) in [6.45, 7) is 0. The SMILES string of the molecule is Nc1cc(Sc2cccc(Cl)c2)ccc1S. The molecule has 0 amide bonds. The molecule has 4 heteroatoms. The van der Waals surface area contributed by atoms with E-state index in [2.05, 4.69) is 12.6 Å². The van der Waals surface area contributed by atoms with Crippen molar-refractivity contribution in [1.29, 1.82) is 0 Å². The minimum atomic E-state index is 0.690. The number of halogens is 1. The van der Waals surface area contributed by atoms with Gasteiger partial charge < -0.3 is 5.73 Å². The maximum atomic E-state index is 5.92. The van der Waals surface area contributed by atoms with E-state index in [0.717, 1.165) is 19.7 Å². The molecule has 1 nitrogen and oxygen atoms in total. The molecule has 0 saturated carbocycles. The first-order valence-corrected chi connectivity index (χ1v) is 6.31. The van der Waals surface area contributed by atoms with Gasteiger partial charge in [-0.2, -0.15) is 0 Å². The molecule has 2 aromatic rings. The molecule has 2 aromatic carbocycles. The van der Waals surface area contributed by atoms with Gasteiger partial charge in [-0.05, 0) is 36.4 Å². The fourth-order valence-corrected chi connectivity index (χ4v) is 2.58. The Morgan fingerprint density at radius 2 is 1.81 bits per heavy atom. The van der Waals surface area contributed by atoms with Crippen LogP contribution in [0.25, 0.3) is 0 Å². The van der Waals surface area contributed by atoms with Crippen LogP contribution >= 0.6 is 36.0 Å². The second-order valence-corrected chi connectivity index (χ2v) is 5.35. The summed E-state index contributed by atoms with van der Waals surface area (Å²) in [5.74, 6) is 0. The first-order chi connectivity index (χ1) is 7.65. The third-order valence-corrected chi connectivity index (χ3v) is 3.65. The summed E-state index contributed by atoms with van der Waals surface area (Å²) < 4.78 is 0. The zero-order valence-electron chi connectivity index (χ0n) is 8.35. The molecule has 0 heterocycles. The van der Waals surface area contributed by atoms with Crippen molar-refractivity contribution < 1.29 is 0 Å². The van der Waals surface area contributed by atoms with Crippen LogP contribution in [0.4, 0.5) is 5.69 Å². The standard InChI is InChI=1S/C12H10ClNS2/c13-8-2-1-3-9(6-8)16-10-4-5-12(15)11(14)7-10/h1-7,15H,14H2. The highest BCUT2D eigenvalue weighted by Gasteiger charge is 2.00. The summed E-state index contributed by atoms with van der Waals surface area (Å²) in [7, 11) is 0. The summed E-state index contributed by atoms with van der Waals surface area (Å²) in [5, 5.41) is 0.740. The zero-order chi connectivity index (χ0) is 11.5. The van der Waals surface area contributed by atoms with Crippen LogP contribution in [0.5, 0.6) is 0 Å². The lowest BCUT2D eigenvalue weighted by molar-refractivity contribution is 1.35. The molecule has 0 unspecified atom stereocenters. The van der Waals surface area contributed by atoms with Crippen LogP contribution in [0.15, 0.2) is 57.2 Å². The second kappa shape index (κ2) is 5.04. The summed E-state index contributed by atoms with van der Waals surface area (Å²) in [4.78, 5) is 2.98. The highest BCUT2D eigenvalue weighted by atomic mass is 35.5. The summed E-state index contributed by atoms with van der Waals surface area (Å²) in [6, 6.07) is 13.5. The predicted molar refractivity (Wildman–Crippen MR) is 73.7 cm³/mol. The highest BCUT2D eigenvalue weighted by Crippen LogP contribution is 2.31. The van der Waals surface area contributed by atoms with Gasteiger partial charge in [0, 0.05) is 25.4 Å². The normalized spacial score (nSPS) is 10.4. The Kier molecular flexibility index (Phi) is 3.69. The molecule has 0 fully saturated rings. The molecule has 0 atom stereocenters. The molecule has 0 aliphatic carbocycles. The minimum absolute atomic E-state index is 0.690. The van der Waals surface area contributed by atoms with Crippen molar-refractivity contribution in [3.8, 4) is 0 Å². The Morgan fingerprint density at radius 1 is 1.06 bits per heavy atom. The van der Waals surface area contributed by atoms with Gasteiger partial charge in [-0.3, -0.25) is 0 Å². The largest absolute Gasteiger partial charge is 0.398 e. The molecule has 0 radical (unpaired) electrons. The van der Waals surface area contributed by atoms with E-state index in [9.17, 15) is 0 Å². The number of nitrogens with two attached hydrogens (primary N) is 1. The van der Waals surface area contributed by atoms with E-state index in [-0.39, 0.29) is 0 Å². The molecule has 0 aromatic heterocycles. The Balaban J connectivity index is 2.24. The number of nitrogen functional groups attached to an aromatic ring is 1. The summed E-state index contributed by atoms with van der Waals surface area (Å²) in [5.41, 5.74) is 6.48. The van der Waals surface area contributed by atoms with Crippen molar-refractivity contribution >= 4 is 41.7 Å². The minimum Gasteiger partial charge on any atom is -0.398 e. The van der Waals surface area contributed by atoms with Crippen LogP contribution < -0.4 is 5.73 Å². The van der Waals surface area contributed by atoms with Crippen molar-refractivity contribution in [2.24, 2.45) is 0 Å². The predicted octanol–water partition coefficient (Wildman–Crippen LogP) is 4.36. The maximum absolute atomic E-state index is 5.92. The fraction of sp³-hybridized carbons (Fsp3) is 0. The Labute approximate surface area is 109 Å². The first kappa shape index (κ1) is 11.7. The van der Waals surface area contributed by atoms with Gasteiger partial charge in [0.25, 0.3) is 0 Å². The summed E-state index contributed by atoms with van der Waals surface area (Å²) in [6.07, 6.45) is 0. The molecule has 0 saturated heterocycles. The molecule has 16 heavy (non-hydrogen) atoms. The average Bonchev–Trinajstić information content (AvgIpc) is 2.24. The Morgan fingerprint density at radius 3 is 2.50 bits per heavy atom. The van der Waals surface area contributed by atoms with E-state index in [4.69, 9.17) is 17.3 Å². The fourth-order valence-electron chi connectivity index (χ4n) is 1.26. The lowest BCUT2D eigenvalue weighted by Crippen LogP contribution is -1.86. The van der Waals surface area contributed by atoms with Gasteiger partial charge in [0.15, 0.2) is 0 Å². The number of hydrogen-bond donors (Lipinski definition) is 2. The molecule has 0 bridgehead atoms. The number of hydrogen-bond acceptors (Lipinski definition) is 3. The van der Waals surface area contributed by atoms with E-state index in [1.54, 1.807) is 11.8 Å². The Bertz CT molecular complexity index is 514. The molecule has 0 aliphatic heterocycles. The van der Waals surface area contributed by atoms with Gasteiger partial charge in [0.05, 0.1) is 0 Å². The van der Waals surface area contributed by atoms with E-state index < -0.39 is 0 Å². The van der Waals surface area contributed by atoms with Crippen LogP contribution in [-0.4, -0.2) is 0 Å². The second-order valence-electron chi connectivity index (χ2n) is 3.28. The van der Waals surface area contributed by atoms with E-state index in [0.29, 0.717) is 5.69 Å². The number of rotatable bonds is 2. The number of thiol groups is 1. The first-order valence-electron chi connectivity index (χ1n) is 4.67. The van der Waals surface area contributed by atoms with E-state index in [1.165, 1.54) is 0 Å². The molecular weight excluding hydrogens is 258 g/mol. The third-order valence-electron chi connectivity index (χ3n) is 2.03. The third kappa shape index (κ3) is 2.88. The van der Waals surface area contributed by atoms with Crippen molar-refractivity contribution in [2.45, 2.75) is 14.7 Å². The number of anilines is 1. The highest BCUT2D eigenvalue weighted by molar-refractivity contribution is 7.99. The molecule has 2 rings (SSSR count). The molecule has 0 aliphatic rings. The average molecular weight is 268 g/mol. The van der Waals surface area contributed by atoms with Gasteiger partial charge in [0.2, 0.25) is 0 Å². The van der Waals surface area contributed by atoms with Crippen molar-refractivity contribution in [3.63, 3.8) is 0 Å². The van der Waals surface area contributed by atoms with Gasteiger partial charge in [-0.25, -0.2) is 0 Å². The van der Waals surface area contributed by atoms with Crippen LogP contribution in [0.2, 0.25) is 5.02 Å². The lowest BCUT2D eigenvalue weighted by Gasteiger charge is -2.04. The molecular formula is C12H10ClNS2. The van der Waals surface area contributed by atoms with E-state index >= 15 is 0 Å². The zero-order valence-corrected chi connectivity index (χ0v) is 10.8. The maximum Gasteiger partial charge on any atom is 0.0460 e. The van der Waals surface area contributed by atoms with Gasteiger partial charge in [0.1, 0.15) is 0 Å². The smallest absolute Gasteiger partial charge is 0.0460 e. The van der Waals surface area contributed by atoms with Gasteiger partial charge in [-0.1, -0.05) is 29.4 Å². The van der Waals surface area contributed by atoms with Gasteiger partial charge in [-0.15, -0.1) is 12.6 Å². The van der Waals surface area contributed by atoms with Gasteiger partial charge >= 0.3 is 0 Å². The molecule has 82 valence electrons. The monoisotopic (exact) mass is 267 g/mol. The van der Waals surface area contributed by atoms with Crippen LogP contribution in [0.3, 0.4) is 0 Å². The quantitative estimate of drug-likeness (QED) is 0.624. The van der Waals surface area contributed by atoms with Crippen LogP contribution in [0.1, 0.15) is 0 Å².